The first-order valence-electron chi connectivity index (χ1n) is 7.20. The van der Waals surface area contributed by atoms with Gasteiger partial charge in [-0.2, -0.15) is 0 Å². The highest BCUT2D eigenvalue weighted by atomic mass is 79.9. The first-order chi connectivity index (χ1) is 8.74. The second kappa shape index (κ2) is 5.34. The molecule has 1 aromatic carbocycles. The largest absolute Gasteiger partial charge is 0.312 e. The van der Waals surface area contributed by atoms with Crippen molar-refractivity contribution in [3.63, 3.8) is 0 Å². The van der Waals surface area contributed by atoms with E-state index in [1.807, 2.05) is 0 Å². The van der Waals surface area contributed by atoms with Crippen molar-refractivity contribution < 1.29 is 0 Å². The van der Waals surface area contributed by atoms with Crippen LogP contribution in [0.4, 0.5) is 0 Å². The second-order valence-corrected chi connectivity index (χ2v) is 6.92. The maximum absolute atomic E-state index is 3.67. The van der Waals surface area contributed by atoms with Crippen molar-refractivity contribution in [2.24, 2.45) is 17.8 Å². The minimum absolute atomic E-state index is 0.967. The molecule has 0 aliphatic heterocycles. The Morgan fingerprint density at radius 1 is 1.22 bits per heavy atom. The zero-order chi connectivity index (χ0) is 12.5. The highest BCUT2D eigenvalue weighted by molar-refractivity contribution is 9.10. The van der Waals surface area contributed by atoms with Gasteiger partial charge in [-0.1, -0.05) is 28.1 Å². The van der Waals surface area contributed by atoms with Gasteiger partial charge in [0.05, 0.1) is 0 Å². The molecule has 2 aliphatic carbocycles. The number of halogens is 1. The highest BCUT2D eigenvalue weighted by Gasteiger charge is 2.40. The number of nitrogens with one attached hydrogen (secondary N) is 1. The summed E-state index contributed by atoms with van der Waals surface area (Å²) >= 11 is 3.66. The summed E-state index contributed by atoms with van der Waals surface area (Å²) in [5.74, 6) is 3.06. The normalized spacial score (nSPS) is 19.5. The average Bonchev–Trinajstić information content (AvgIpc) is 3.20. The van der Waals surface area contributed by atoms with Crippen molar-refractivity contribution in [3.05, 3.63) is 33.8 Å². The van der Waals surface area contributed by atoms with E-state index in [0.717, 1.165) is 24.3 Å². The lowest BCUT2D eigenvalue weighted by atomic mass is 9.98. The van der Waals surface area contributed by atoms with Gasteiger partial charge in [-0.15, -0.1) is 0 Å². The molecule has 0 bridgehead atoms. The molecule has 2 heteroatoms. The Bertz CT molecular complexity index is 409. The van der Waals surface area contributed by atoms with Gasteiger partial charge < -0.3 is 5.32 Å². The van der Waals surface area contributed by atoms with E-state index in [1.165, 1.54) is 47.8 Å². The number of hydrogen-bond donors (Lipinski definition) is 1. The van der Waals surface area contributed by atoms with Crippen molar-refractivity contribution in [1.82, 2.24) is 5.32 Å². The van der Waals surface area contributed by atoms with Crippen LogP contribution in [0.15, 0.2) is 22.7 Å². The van der Waals surface area contributed by atoms with Crippen LogP contribution in [0.25, 0.3) is 0 Å². The predicted octanol–water partition coefficient (Wildman–Crippen LogP) is 4.28. The van der Waals surface area contributed by atoms with Gasteiger partial charge in [0, 0.05) is 11.0 Å². The quantitative estimate of drug-likeness (QED) is 0.827. The maximum atomic E-state index is 3.67. The zero-order valence-electron chi connectivity index (χ0n) is 11.1. The standard InChI is InChI=1S/C16H22BrN/c1-11-2-3-14(16(17)8-11)9-18-10-15(12-4-5-12)13-6-7-13/h2-3,8,12-13,15,18H,4-7,9-10H2,1H3. The molecule has 0 saturated heterocycles. The van der Waals surface area contributed by atoms with E-state index in [4.69, 9.17) is 0 Å². The van der Waals surface area contributed by atoms with Gasteiger partial charge in [0.25, 0.3) is 0 Å². The van der Waals surface area contributed by atoms with Crippen LogP contribution < -0.4 is 5.32 Å². The molecule has 2 fully saturated rings. The van der Waals surface area contributed by atoms with E-state index >= 15 is 0 Å². The highest BCUT2D eigenvalue weighted by Crippen LogP contribution is 2.48. The fraction of sp³-hybridized carbons (Fsp3) is 0.625. The Labute approximate surface area is 118 Å². The summed E-state index contributed by atoms with van der Waals surface area (Å²) in [4.78, 5) is 0. The number of benzene rings is 1. The lowest BCUT2D eigenvalue weighted by Crippen LogP contribution is -2.25. The van der Waals surface area contributed by atoms with Gasteiger partial charge in [-0.3, -0.25) is 0 Å². The van der Waals surface area contributed by atoms with E-state index in [2.05, 4.69) is 46.4 Å². The molecule has 0 aromatic heterocycles. The Morgan fingerprint density at radius 3 is 2.44 bits per heavy atom. The van der Waals surface area contributed by atoms with Crippen LogP contribution in [-0.2, 0) is 6.54 Å². The summed E-state index contributed by atoms with van der Waals surface area (Å²) in [6.45, 7) is 4.35. The summed E-state index contributed by atoms with van der Waals surface area (Å²) in [5.41, 5.74) is 2.70. The van der Waals surface area contributed by atoms with Crippen molar-refractivity contribution in [2.75, 3.05) is 6.54 Å². The molecule has 1 N–H and O–H groups in total. The Morgan fingerprint density at radius 2 is 1.89 bits per heavy atom. The minimum atomic E-state index is 0.967. The van der Waals surface area contributed by atoms with Crippen molar-refractivity contribution in [1.29, 1.82) is 0 Å². The molecule has 1 nitrogen and oxygen atoms in total. The molecule has 98 valence electrons. The third-order valence-electron chi connectivity index (χ3n) is 4.36. The van der Waals surface area contributed by atoms with Gasteiger partial charge in [-0.25, -0.2) is 0 Å². The monoisotopic (exact) mass is 307 g/mol. The van der Waals surface area contributed by atoms with Crippen LogP contribution >= 0.6 is 15.9 Å². The van der Waals surface area contributed by atoms with Crippen LogP contribution in [-0.4, -0.2) is 6.54 Å². The fourth-order valence-corrected chi connectivity index (χ4v) is 3.57. The van der Waals surface area contributed by atoms with E-state index in [-0.39, 0.29) is 0 Å². The Balaban J connectivity index is 1.51. The SMILES string of the molecule is Cc1ccc(CNCC(C2CC2)C2CC2)c(Br)c1. The molecule has 0 spiro atoms. The van der Waals surface area contributed by atoms with Crippen molar-refractivity contribution in [2.45, 2.75) is 39.2 Å². The van der Waals surface area contributed by atoms with Crippen LogP contribution in [0.1, 0.15) is 36.8 Å². The molecule has 18 heavy (non-hydrogen) atoms. The lowest BCUT2D eigenvalue weighted by molar-refractivity contribution is 0.378. The first-order valence-corrected chi connectivity index (χ1v) is 7.99. The van der Waals surface area contributed by atoms with E-state index < -0.39 is 0 Å². The minimum Gasteiger partial charge on any atom is -0.312 e. The molecule has 0 atom stereocenters. The second-order valence-electron chi connectivity index (χ2n) is 6.06. The summed E-state index contributed by atoms with van der Waals surface area (Å²) in [7, 11) is 0. The van der Waals surface area contributed by atoms with Crippen LogP contribution in [0, 0.1) is 24.7 Å². The van der Waals surface area contributed by atoms with Crippen molar-refractivity contribution >= 4 is 15.9 Å². The van der Waals surface area contributed by atoms with Gasteiger partial charge >= 0.3 is 0 Å². The number of aryl methyl sites for hydroxylation is 1. The Hall–Kier alpha value is -0.340. The molecule has 0 heterocycles. The first kappa shape index (κ1) is 12.7. The fourth-order valence-electron chi connectivity index (χ4n) is 2.94. The van der Waals surface area contributed by atoms with Crippen LogP contribution in [0.3, 0.4) is 0 Å². The van der Waals surface area contributed by atoms with Gasteiger partial charge in [0.15, 0.2) is 0 Å². The topological polar surface area (TPSA) is 12.0 Å². The summed E-state index contributed by atoms with van der Waals surface area (Å²) in [6.07, 6.45) is 5.93. The molecular weight excluding hydrogens is 286 g/mol. The number of hydrogen-bond acceptors (Lipinski definition) is 1. The van der Waals surface area contributed by atoms with E-state index in [0.29, 0.717) is 0 Å². The summed E-state index contributed by atoms with van der Waals surface area (Å²) < 4.78 is 1.24. The lowest BCUT2D eigenvalue weighted by Gasteiger charge is -2.16. The maximum Gasteiger partial charge on any atom is 0.0222 e. The molecule has 2 saturated carbocycles. The van der Waals surface area contributed by atoms with Crippen LogP contribution in [0.2, 0.25) is 0 Å². The molecule has 1 aromatic rings. The molecule has 0 radical (unpaired) electrons. The summed E-state index contributed by atoms with van der Waals surface area (Å²) in [6, 6.07) is 6.63. The summed E-state index contributed by atoms with van der Waals surface area (Å²) in [5, 5.41) is 3.67. The van der Waals surface area contributed by atoms with Crippen molar-refractivity contribution in [3.8, 4) is 0 Å². The zero-order valence-corrected chi connectivity index (χ0v) is 12.7. The number of rotatable bonds is 6. The molecule has 3 rings (SSSR count). The predicted molar refractivity (Wildman–Crippen MR) is 79.5 cm³/mol. The molecule has 0 unspecified atom stereocenters. The average molecular weight is 308 g/mol. The molecular formula is C16H22BrN. The van der Waals surface area contributed by atoms with Gasteiger partial charge in [0.1, 0.15) is 0 Å². The van der Waals surface area contributed by atoms with Crippen LogP contribution in [0.5, 0.6) is 0 Å². The van der Waals surface area contributed by atoms with Gasteiger partial charge in [-0.05, 0) is 74.1 Å². The smallest absolute Gasteiger partial charge is 0.0222 e. The Kier molecular flexibility index (Phi) is 3.76. The molecule has 0 amide bonds. The van der Waals surface area contributed by atoms with E-state index in [1.54, 1.807) is 0 Å². The van der Waals surface area contributed by atoms with E-state index in [9.17, 15) is 0 Å². The molecule has 2 aliphatic rings. The third-order valence-corrected chi connectivity index (χ3v) is 5.10. The van der Waals surface area contributed by atoms with Gasteiger partial charge in [0.2, 0.25) is 0 Å². The third kappa shape index (κ3) is 3.16.